The zero-order valence-corrected chi connectivity index (χ0v) is 28.4. The van der Waals surface area contributed by atoms with Crippen molar-refractivity contribution in [2.75, 3.05) is 58.3 Å². The van der Waals surface area contributed by atoms with E-state index in [0.29, 0.717) is 55.2 Å². The first-order valence-electron chi connectivity index (χ1n) is 16.8. The molecule has 6 rings (SSSR count). The molecule has 12 heteroatoms. The first-order chi connectivity index (χ1) is 24.2. The van der Waals surface area contributed by atoms with Crippen LogP contribution in [0, 0.1) is 5.82 Å². The van der Waals surface area contributed by atoms with Gasteiger partial charge in [0.05, 0.1) is 16.6 Å². The van der Waals surface area contributed by atoms with Crippen LogP contribution in [0.25, 0.3) is 28.6 Å². The molecule has 0 spiro atoms. The third kappa shape index (κ3) is 8.16. The topological polar surface area (TPSA) is 123 Å². The number of benzene rings is 3. The molecule has 11 nitrogen and oxygen atoms in total. The molecule has 2 aliphatic rings. The number of rotatable bonds is 11. The van der Waals surface area contributed by atoms with Crippen LogP contribution in [-0.4, -0.2) is 89.7 Å². The van der Waals surface area contributed by atoms with Crippen LogP contribution in [0.2, 0.25) is 0 Å². The van der Waals surface area contributed by atoms with Crippen LogP contribution in [0.15, 0.2) is 71.5 Å². The molecule has 1 fully saturated rings. The lowest BCUT2D eigenvalue weighted by atomic mass is 10.1. The number of hydrogen-bond donors (Lipinski definition) is 3. The second kappa shape index (κ2) is 15.6. The number of halogens is 1. The molecule has 2 amide bonds. The third-order valence-electron chi connectivity index (χ3n) is 9.13. The Bertz CT molecular complexity index is 1980. The normalized spacial score (nSPS) is 15.7. The lowest BCUT2D eigenvalue weighted by molar-refractivity contribution is -0.124. The molecule has 3 aromatic carbocycles. The molecule has 4 aromatic rings. The zero-order chi connectivity index (χ0) is 35.2. The van der Waals surface area contributed by atoms with Gasteiger partial charge in [-0.25, -0.2) is 14.9 Å². The maximum Gasteiger partial charge on any atom is 0.267 e. The minimum Gasteiger partial charge on any atom is -0.367 e. The molecule has 50 heavy (non-hydrogen) atoms. The van der Waals surface area contributed by atoms with Crippen LogP contribution in [0.5, 0.6) is 0 Å². The van der Waals surface area contributed by atoms with E-state index in [1.54, 1.807) is 34.3 Å². The number of allylic oxidation sites excluding steroid dienone is 1. The van der Waals surface area contributed by atoms with Gasteiger partial charge in [-0.1, -0.05) is 36.4 Å². The quantitative estimate of drug-likeness (QED) is 0.0942. The van der Waals surface area contributed by atoms with Gasteiger partial charge in [0.25, 0.3) is 17.4 Å². The van der Waals surface area contributed by atoms with Crippen LogP contribution in [0.3, 0.4) is 0 Å². The Kier molecular flexibility index (Phi) is 10.8. The third-order valence-corrected chi connectivity index (χ3v) is 9.13. The fraction of sp³-hybridized carbons (Fsp3) is 0.316. The lowest BCUT2D eigenvalue weighted by Crippen LogP contribution is -2.46. The van der Waals surface area contributed by atoms with Gasteiger partial charge in [0, 0.05) is 57.5 Å². The molecule has 3 heterocycles. The second-order valence-electron chi connectivity index (χ2n) is 13.0. The van der Waals surface area contributed by atoms with Gasteiger partial charge >= 0.3 is 0 Å². The highest BCUT2D eigenvalue weighted by atomic mass is 19.1. The van der Waals surface area contributed by atoms with Gasteiger partial charge in [0.2, 0.25) is 0 Å². The number of carbonyl (C=O) groups is 2. The van der Waals surface area contributed by atoms with Crippen molar-refractivity contribution >= 4 is 46.1 Å². The number of carbonyl (C=O) groups excluding carboxylic acids is 2. The summed E-state index contributed by atoms with van der Waals surface area (Å²) in [7, 11) is 4.01. The van der Waals surface area contributed by atoms with Crippen LogP contribution in [-0.2, 0) is 17.9 Å². The van der Waals surface area contributed by atoms with Gasteiger partial charge in [-0.05, 0) is 92.2 Å². The van der Waals surface area contributed by atoms with Crippen molar-refractivity contribution in [3.05, 3.63) is 111 Å². The number of fused-ring (bicyclic) bond motifs is 2. The molecule has 0 saturated carbocycles. The summed E-state index contributed by atoms with van der Waals surface area (Å²) in [5.74, 6) is -0.535. The van der Waals surface area contributed by atoms with Crippen LogP contribution >= 0.6 is 0 Å². The largest absolute Gasteiger partial charge is 0.367 e. The summed E-state index contributed by atoms with van der Waals surface area (Å²) in [6.45, 7) is 5.45. The van der Waals surface area contributed by atoms with Crippen molar-refractivity contribution in [1.82, 2.24) is 30.1 Å². The summed E-state index contributed by atoms with van der Waals surface area (Å²) >= 11 is 0. The van der Waals surface area contributed by atoms with Crippen LogP contribution < -0.4 is 21.3 Å². The number of hydroxylamine groups is 1. The van der Waals surface area contributed by atoms with Crippen molar-refractivity contribution in [2.24, 2.45) is 0 Å². The maximum absolute atomic E-state index is 15.5. The van der Waals surface area contributed by atoms with E-state index in [9.17, 15) is 14.4 Å². The van der Waals surface area contributed by atoms with E-state index in [2.05, 4.69) is 15.1 Å². The number of amides is 2. The Morgan fingerprint density at radius 2 is 1.70 bits per heavy atom. The highest BCUT2D eigenvalue weighted by Crippen LogP contribution is 2.30. The van der Waals surface area contributed by atoms with E-state index in [-0.39, 0.29) is 16.9 Å². The molecule has 0 radical (unpaired) electrons. The molecule has 0 unspecified atom stereocenters. The molecule has 0 atom stereocenters. The highest BCUT2D eigenvalue weighted by molar-refractivity contribution is 5.94. The molecule has 0 aliphatic carbocycles. The average molecular weight is 680 g/mol. The van der Waals surface area contributed by atoms with Crippen molar-refractivity contribution in [2.45, 2.75) is 25.9 Å². The lowest BCUT2D eigenvalue weighted by Gasteiger charge is -2.36. The summed E-state index contributed by atoms with van der Waals surface area (Å²) in [6, 6.07) is 18.2. The first kappa shape index (κ1) is 34.7. The number of aromatic nitrogens is 2. The van der Waals surface area contributed by atoms with Gasteiger partial charge < -0.3 is 15.1 Å². The number of hydrogen-bond acceptors (Lipinski definition) is 8. The summed E-state index contributed by atoms with van der Waals surface area (Å²) in [5, 5.41) is 11.9. The molecule has 260 valence electrons. The van der Waals surface area contributed by atoms with Gasteiger partial charge in [0.1, 0.15) is 11.6 Å². The molecular weight excluding hydrogens is 637 g/mol. The van der Waals surface area contributed by atoms with E-state index < -0.39 is 11.7 Å². The minimum atomic E-state index is -0.587. The van der Waals surface area contributed by atoms with Crippen molar-refractivity contribution in [3.8, 4) is 0 Å². The Balaban J connectivity index is 1.12. The Morgan fingerprint density at radius 3 is 2.40 bits per heavy atom. The van der Waals surface area contributed by atoms with Crippen molar-refractivity contribution < 1.29 is 19.2 Å². The molecule has 1 saturated heterocycles. The van der Waals surface area contributed by atoms with Crippen LogP contribution in [0.1, 0.15) is 45.7 Å². The number of nitrogens with zero attached hydrogens (tertiary/aromatic N) is 5. The van der Waals surface area contributed by atoms with Gasteiger partial charge in [0.15, 0.2) is 0 Å². The van der Waals surface area contributed by atoms with E-state index >= 15 is 4.39 Å². The smallest absolute Gasteiger partial charge is 0.267 e. The molecule has 1 aromatic heterocycles. The van der Waals surface area contributed by atoms with E-state index in [1.165, 1.54) is 12.1 Å². The molecule has 2 aliphatic heterocycles. The standard InChI is InChI=1S/C38H42FN7O4/c1-43(2)16-3-15-40-37(48)29-11-8-27(9-12-29)22-30-14-17-46-36(30)41-33-24-34(32(39)23-31(33)38(46)49)45-20-18-44(19-21-45)25-28-6-4-26(5-7-28)10-13-35(47)42-50/h4-13,22-24,50H,3,14-21,25H2,1-2H3,(H,40,48)(H,42,47). The predicted molar refractivity (Wildman–Crippen MR) is 193 cm³/mol. The van der Waals surface area contributed by atoms with Gasteiger partial charge in [-0.3, -0.25) is 29.1 Å². The van der Waals surface area contributed by atoms with Crippen molar-refractivity contribution in [3.63, 3.8) is 0 Å². The first-order valence-corrected chi connectivity index (χ1v) is 16.8. The average Bonchev–Trinajstić information content (AvgIpc) is 3.52. The summed E-state index contributed by atoms with van der Waals surface area (Å²) in [6.07, 6.45) is 6.39. The Hall–Kier alpha value is -5.17. The maximum atomic E-state index is 15.5. The van der Waals surface area contributed by atoms with Gasteiger partial charge in [-0.15, -0.1) is 0 Å². The number of piperazine rings is 1. The fourth-order valence-corrected chi connectivity index (χ4v) is 6.39. The van der Waals surface area contributed by atoms with E-state index in [0.717, 1.165) is 54.9 Å². The highest BCUT2D eigenvalue weighted by Gasteiger charge is 2.25. The minimum absolute atomic E-state index is 0.105. The summed E-state index contributed by atoms with van der Waals surface area (Å²) in [5.41, 5.74) is 6.62. The van der Waals surface area contributed by atoms with E-state index in [4.69, 9.17) is 10.2 Å². The summed E-state index contributed by atoms with van der Waals surface area (Å²) in [4.78, 5) is 48.5. The molecule has 3 N–H and O–H groups in total. The second-order valence-corrected chi connectivity index (χ2v) is 13.0. The fourth-order valence-electron chi connectivity index (χ4n) is 6.39. The monoisotopic (exact) mass is 679 g/mol. The van der Waals surface area contributed by atoms with Crippen molar-refractivity contribution in [1.29, 1.82) is 0 Å². The molecule has 0 bridgehead atoms. The van der Waals surface area contributed by atoms with Gasteiger partial charge in [-0.2, -0.15) is 0 Å². The zero-order valence-electron chi connectivity index (χ0n) is 28.4. The Morgan fingerprint density at radius 1 is 0.980 bits per heavy atom. The predicted octanol–water partition coefficient (Wildman–Crippen LogP) is 4.00. The Labute approximate surface area is 290 Å². The van der Waals surface area contributed by atoms with E-state index in [1.807, 2.05) is 61.5 Å². The summed E-state index contributed by atoms with van der Waals surface area (Å²) < 4.78 is 17.1. The molecular formula is C38H42FN7O4. The number of nitrogens with one attached hydrogen (secondary N) is 2. The SMILES string of the molecule is CN(C)CCCNC(=O)c1ccc(C=C2CCn3c2nc2cc(N4CCN(Cc5ccc(C=CC(=O)NO)cc5)CC4)c(F)cc2c3=O)cc1. The number of anilines is 1. The van der Waals surface area contributed by atoms with Crippen LogP contribution in [0.4, 0.5) is 10.1 Å².